The third-order valence-corrected chi connectivity index (χ3v) is 5.31. The molecule has 0 aliphatic carbocycles. The van der Waals surface area contributed by atoms with Gasteiger partial charge in [0.25, 0.3) is 0 Å². The van der Waals surface area contributed by atoms with Crippen molar-refractivity contribution >= 4 is 17.0 Å². The zero-order valence-electron chi connectivity index (χ0n) is 15.4. The van der Waals surface area contributed by atoms with Gasteiger partial charge in [-0.3, -0.25) is 9.47 Å². The lowest BCUT2D eigenvalue weighted by Gasteiger charge is -2.32. The first-order valence-electron chi connectivity index (χ1n) is 9.24. The molecule has 0 saturated carbocycles. The van der Waals surface area contributed by atoms with Crippen LogP contribution < -0.4 is 5.69 Å². The maximum atomic E-state index is 12.5. The van der Waals surface area contributed by atoms with E-state index in [2.05, 4.69) is 34.1 Å². The van der Waals surface area contributed by atoms with Crippen molar-refractivity contribution in [3.05, 3.63) is 70.1 Å². The maximum absolute atomic E-state index is 12.5. The molecule has 1 aromatic heterocycles. The number of carbonyl (C=O) groups is 1. The highest BCUT2D eigenvalue weighted by atomic mass is 16.5. The largest absolute Gasteiger partial charge is 0.465 e. The second-order valence-corrected chi connectivity index (χ2v) is 7.02. The van der Waals surface area contributed by atoms with Crippen LogP contribution in [0.2, 0.25) is 0 Å². The van der Waals surface area contributed by atoms with E-state index in [1.54, 1.807) is 12.1 Å². The van der Waals surface area contributed by atoms with Gasteiger partial charge in [0.15, 0.2) is 0 Å². The molecule has 4 rings (SSSR count). The third kappa shape index (κ3) is 3.53. The Bertz CT molecular complexity index is 998. The molecule has 1 N–H and O–H groups in total. The van der Waals surface area contributed by atoms with Gasteiger partial charge >= 0.3 is 11.7 Å². The number of aromatic amines is 1. The fourth-order valence-corrected chi connectivity index (χ4v) is 3.92. The number of rotatable bonds is 4. The van der Waals surface area contributed by atoms with Crippen molar-refractivity contribution in [3.63, 3.8) is 0 Å². The summed E-state index contributed by atoms with van der Waals surface area (Å²) in [6.45, 7) is 2.86. The lowest BCUT2D eigenvalue weighted by atomic mass is 10.0. The lowest BCUT2D eigenvalue weighted by molar-refractivity contribution is 0.0601. The van der Waals surface area contributed by atoms with Gasteiger partial charge in [0.05, 0.1) is 23.7 Å². The number of hydrogen-bond acceptors (Lipinski definition) is 4. The molecule has 0 atom stereocenters. The number of aromatic nitrogens is 2. The number of likely N-dealkylation sites (tertiary alicyclic amines) is 1. The van der Waals surface area contributed by atoms with Crippen LogP contribution in [-0.4, -0.2) is 40.6 Å². The van der Waals surface area contributed by atoms with Gasteiger partial charge in [-0.05, 0) is 36.6 Å². The summed E-state index contributed by atoms with van der Waals surface area (Å²) in [5, 5.41) is 0. The monoisotopic (exact) mass is 365 g/mol. The minimum atomic E-state index is -0.403. The van der Waals surface area contributed by atoms with Crippen LogP contribution >= 0.6 is 0 Å². The van der Waals surface area contributed by atoms with Gasteiger partial charge in [-0.2, -0.15) is 0 Å². The number of carbonyl (C=O) groups excluding carboxylic acids is 1. The Labute approximate surface area is 157 Å². The number of esters is 1. The molecule has 1 aliphatic heterocycles. The minimum absolute atomic E-state index is 0.117. The second-order valence-electron chi connectivity index (χ2n) is 7.02. The molecule has 1 fully saturated rings. The van der Waals surface area contributed by atoms with E-state index in [-0.39, 0.29) is 11.7 Å². The minimum Gasteiger partial charge on any atom is -0.465 e. The standard InChI is InChI=1S/C21H23N3O3/c1-27-20(25)16-7-8-19-18(13-16)22-21(26)24(19)17-9-11-23(12-10-17)14-15-5-3-2-4-6-15/h2-8,13,17H,9-12,14H2,1H3,(H,22,26). The van der Waals surface area contributed by atoms with Crippen LogP contribution in [0, 0.1) is 0 Å². The second kappa shape index (κ2) is 7.40. The van der Waals surface area contributed by atoms with Crippen molar-refractivity contribution < 1.29 is 9.53 Å². The van der Waals surface area contributed by atoms with Crippen molar-refractivity contribution in [1.82, 2.24) is 14.5 Å². The molecule has 0 radical (unpaired) electrons. The molecule has 6 heteroatoms. The molecule has 3 aromatic rings. The molecule has 1 aliphatic rings. The van der Waals surface area contributed by atoms with E-state index < -0.39 is 5.97 Å². The molecule has 1 saturated heterocycles. The van der Waals surface area contributed by atoms with Gasteiger partial charge in [-0.15, -0.1) is 0 Å². The number of ether oxygens (including phenoxy) is 1. The average molecular weight is 365 g/mol. The summed E-state index contributed by atoms with van der Waals surface area (Å²) >= 11 is 0. The molecular formula is C21H23N3O3. The van der Waals surface area contributed by atoms with Crippen molar-refractivity contribution in [1.29, 1.82) is 0 Å². The molecule has 0 spiro atoms. The van der Waals surface area contributed by atoms with E-state index in [1.807, 2.05) is 16.7 Å². The van der Waals surface area contributed by atoms with Crippen molar-refractivity contribution in [2.75, 3.05) is 20.2 Å². The first-order chi connectivity index (χ1) is 13.2. The fourth-order valence-electron chi connectivity index (χ4n) is 3.92. The molecule has 0 bridgehead atoms. The number of nitrogens with one attached hydrogen (secondary N) is 1. The molecule has 2 heterocycles. The van der Waals surface area contributed by atoms with Gasteiger partial charge < -0.3 is 9.72 Å². The van der Waals surface area contributed by atoms with Gasteiger partial charge in [-0.1, -0.05) is 30.3 Å². The summed E-state index contributed by atoms with van der Waals surface area (Å²) in [6.07, 6.45) is 1.86. The summed E-state index contributed by atoms with van der Waals surface area (Å²) in [6, 6.07) is 15.9. The predicted octanol–water partition coefficient (Wildman–Crippen LogP) is 2.95. The van der Waals surface area contributed by atoms with Crippen LogP contribution in [0.1, 0.15) is 34.8 Å². The first kappa shape index (κ1) is 17.5. The number of piperidine rings is 1. The summed E-state index contributed by atoms with van der Waals surface area (Å²) in [7, 11) is 1.35. The van der Waals surface area contributed by atoms with Crippen LogP contribution in [0.25, 0.3) is 11.0 Å². The van der Waals surface area contributed by atoms with Crippen LogP contribution in [-0.2, 0) is 11.3 Å². The Morgan fingerprint density at radius 3 is 2.59 bits per heavy atom. The Hall–Kier alpha value is -2.86. The number of methoxy groups -OCH3 is 1. The number of imidazole rings is 1. The highest BCUT2D eigenvalue weighted by Crippen LogP contribution is 2.26. The maximum Gasteiger partial charge on any atom is 0.337 e. The zero-order chi connectivity index (χ0) is 18.8. The Balaban J connectivity index is 1.51. The third-order valence-electron chi connectivity index (χ3n) is 5.31. The molecular weight excluding hydrogens is 342 g/mol. The summed E-state index contributed by atoms with van der Waals surface area (Å²) in [4.78, 5) is 29.6. The number of nitrogens with zero attached hydrogens (tertiary/aromatic N) is 2. The van der Waals surface area contributed by atoms with Crippen LogP contribution in [0.15, 0.2) is 53.3 Å². The zero-order valence-corrected chi connectivity index (χ0v) is 15.4. The van der Waals surface area contributed by atoms with Gasteiger partial charge in [0, 0.05) is 25.7 Å². The molecule has 6 nitrogen and oxygen atoms in total. The topological polar surface area (TPSA) is 67.3 Å². The molecule has 2 aromatic carbocycles. The van der Waals surface area contributed by atoms with E-state index in [4.69, 9.17) is 4.74 Å². The van der Waals surface area contributed by atoms with Crippen molar-refractivity contribution in [3.8, 4) is 0 Å². The van der Waals surface area contributed by atoms with Crippen molar-refractivity contribution in [2.45, 2.75) is 25.4 Å². The molecule has 140 valence electrons. The highest BCUT2D eigenvalue weighted by Gasteiger charge is 2.24. The lowest BCUT2D eigenvalue weighted by Crippen LogP contribution is -2.36. The molecule has 0 unspecified atom stereocenters. The number of benzene rings is 2. The van der Waals surface area contributed by atoms with Gasteiger partial charge in [0.2, 0.25) is 0 Å². The molecule has 0 amide bonds. The van der Waals surface area contributed by atoms with Crippen LogP contribution in [0.4, 0.5) is 0 Å². The van der Waals surface area contributed by atoms with E-state index in [1.165, 1.54) is 12.7 Å². The average Bonchev–Trinajstić information content (AvgIpc) is 3.03. The van der Waals surface area contributed by atoms with Crippen molar-refractivity contribution in [2.24, 2.45) is 0 Å². The normalized spacial score (nSPS) is 15.9. The summed E-state index contributed by atoms with van der Waals surface area (Å²) in [5.41, 5.74) is 3.16. The molecule has 27 heavy (non-hydrogen) atoms. The fraction of sp³-hybridized carbons (Fsp3) is 0.333. The number of fused-ring (bicyclic) bond motifs is 1. The van der Waals surface area contributed by atoms with Crippen LogP contribution in [0.3, 0.4) is 0 Å². The van der Waals surface area contributed by atoms with Gasteiger partial charge in [0.1, 0.15) is 0 Å². The van der Waals surface area contributed by atoms with Crippen LogP contribution in [0.5, 0.6) is 0 Å². The quantitative estimate of drug-likeness (QED) is 0.722. The summed E-state index contributed by atoms with van der Waals surface area (Å²) < 4.78 is 6.60. The Morgan fingerprint density at radius 2 is 1.89 bits per heavy atom. The Morgan fingerprint density at radius 1 is 1.15 bits per heavy atom. The van der Waals surface area contributed by atoms with E-state index in [0.29, 0.717) is 11.1 Å². The SMILES string of the molecule is COC(=O)c1ccc2c(c1)[nH]c(=O)n2C1CCN(Cc2ccccc2)CC1. The van der Waals surface area contributed by atoms with E-state index in [0.717, 1.165) is 38.0 Å². The number of H-pyrrole nitrogens is 1. The first-order valence-corrected chi connectivity index (χ1v) is 9.24. The van der Waals surface area contributed by atoms with E-state index in [9.17, 15) is 9.59 Å². The summed E-state index contributed by atoms with van der Waals surface area (Å²) in [5.74, 6) is -0.403. The Kier molecular flexibility index (Phi) is 4.81. The predicted molar refractivity (Wildman–Crippen MR) is 104 cm³/mol. The smallest absolute Gasteiger partial charge is 0.337 e. The number of hydrogen-bond donors (Lipinski definition) is 1. The van der Waals surface area contributed by atoms with Gasteiger partial charge in [-0.25, -0.2) is 9.59 Å². The van der Waals surface area contributed by atoms with E-state index >= 15 is 0 Å². The highest BCUT2D eigenvalue weighted by molar-refractivity contribution is 5.93.